The number of benzene rings is 1. The lowest BCUT2D eigenvalue weighted by atomic mass is 10.1. The molecular weight excluding hydrogens is 260 g/mol. The summed E-state index contributed by atoms with van der Waals surface area (Å²) in [6, 6.07) is 10.3. The van der Waals surface area contributed by atoms with E-state index < -0.39 is 0 Å². The number of unbranched alkanes of at least 4 members (excludes halogenated alkanes) is 4. The molecule has 0 bridgehead atoms. The van der Waals surface area contributed by atoms with Crippen LogP contribution in [0.3, 0.4) is 0 Å². The van der Waals surface area contributed by atoms with Crippen LogP contribution in [0.1, 0.15) is 57.1 Å². The predicted molar refractivity (Wildman–Crippen MR) is 89.3 cm³/mol. The second-order valence-electron chi connectivity index (χ2n) is 5.96. The molecule has 1 rings (SSSR count). The molecule has 3 nitrogen and oxygen atoms in total. The molecule has 0 saturated carbocycles. The highest BCUT2D eigenvalue weighted by molar-refractivity contribution is 5.76. The molecule has 118 valence electrons. The van der Waals surface area contributed by atoms with Crippen LogP contribution >= 0.6 is 0 Å². The summed E-state index contributed by atoms with van der Waals surface area (Å²) in [5.41, 5.74) is 1.17. The topological polar surface area (TPSA) is 32.3 Å². The molecule has 3 heteroatoms. The Balaban J connectivity index is 2.43. The van der Waals surface area contributed by atoms with Gasteiger partial charge in [0.2, 0.25) is 5.91 Å². The van der Waals surface area contributed by atoms with Crippen molar-refractivity contribution in [2.75, 3.05) is 20.6 Å². The number of carbonyl (C=O) groups excluding carboxylic acids is 1. The number of amides is 1. The fourth-order valence-corrected chi connectivity index (χ4v) is 2.44. The van der Waals surface area contributed by atoms with Gasteiger partial charge in [-0.2, -0.15) is 0 Å². The summed E-state index contributed by atoms with van der Waals surface area (Å²) >= 11 is 0. The zero-order chi connectivity index (χ0) is 15.5. The van der Waals surface area contributed by atoms with E-state index in [9.17, 15) is 4.79 Å². The predicted octanol–water partition coefficient (Wildman–Crippen LogP) is 3.77. The first kappa shape index (κ1) is 17.7. The first-order valence-corrected chi connectivity index (χ1v) is 8.12. The fraction of sp³-hybridized carbons (Fsp3) is 0.611. The summed E-state index contributed by atoms with van der Waals surface area (Å²) in [5, 5.41) is 3.17. The zero-order valence-electron chi connectivity index (χ0n) is 13.8. The quantitative estimate of drug-likeness (QED) is 0.665. The number of likely N-dealkylation sites (N-methyl/N-ethyl adjacent to an activating group) is 1. The number of nitrogens with one attached hydrogen (secondary N) is 1. The zero-order valence-corrected chi connectivity index (χ0v) is 13.8. The van der Waals surface area contributed by atoms with Crippen molar-refractivity contribution in [3.05, 3.63) is 35.9 Å². The Bertz CT molecular complexity index is 389. The summed E-state index contributed by atoms with van der Waals surface area (Å²) in [4.78, 5) is 14.2. The van der Waals surface area contributed by atoms with E-state index in [-0.39, 0.29) is 11.9 Å². The average molecular weight is 290 g/mol. The van der Waals surface area contributed by atoms with Crippen LogP contribution in [0.5, 0.6) is 0 Å². The second kappa shape index (κ2) is 10.4. The van der Waals surface area contributed by atoms with Gasteiger partial charge in [-0.3, -0.25) is 4.79 Å². The largest absolute Gasteiger partial charge is 0.348 e. The first-order valence-electron chi connectivity index (χ1n) is 8.12. The van der Waals surface area contributed by atoms with E-state index in [4.69, 9.17) is 0 Å². The Morgan fingerprint density at radius 1 is 1.10 bits per heavy atom. The van der Waals surface area contributed by atoms with E-state index in [2.05, 4.69) is 29.3 Å². The average Bonchev–Trinajstić information content (AvgIpc) is 2.47. The van der Waals surface area contributed by atoms with Gasteiger partial charge < -0.3 is 10.2 Å². The summed E-state index contributed by atoms with van der Waals surface area (Å²) in [7, 11) is 4.07. The molecule has 0 fully saturated rings. The van der Waals surface area contributed by atoms with Crippen LogP contribution in [0.4, 0.5) is 0 Å². The molecule has 1 aromatic rings. The Morgan fingerprint density at radius 3 is 2.38 bits per heavy atom. The molecule has 0 spiro atoms. The van der Waals surface area contributed by atoms with Crippen molar-refractivity contribution in [3.8, 4) is 0 Å². The summed E-state index contributed by atoms with van der Waals surface area (Å²) < 4.78 is 0. The highest BCUT2D eigenvalue weighted by Crippen LogP contribution is 2.14. The minimum Gasteiger partial charge on any atom is -0.348 e. The van der Waals surface area contributed by atoms with E-state index >= 15 is 0 Å². The maximum Gasteiger partial charge on any atom is 0.220 e. The molecule has 1 aromatic carbocycles. The number of hydrogen-bond donors (Lipinski definition) is 1. The van der Waals surface area contributed by atoms with Gasteiger partial charge in [0.1, 0.15) is 0 Å². The maximum absolute atomic E-state index is 12.1. The summed E-state index contributed by atoms with van der Waals surface area (Å²) in [6.45, 7) is 3.03. The summed E-state index contributed by atoms with van der Waals surface area (Å²) in [6.07, 6.45) is 6.55. The van der Waals surface area contributed by atoms with Crippen LogP contribution in [0.2, 0.25) is 0 Å². The third kappa shape index (κ3) is 7.86. The molecule has 0 heterocycles. The first-order chi connectivity index (χ1) is 10.1. The van der Waals surface area contributed by atoms with Gasteiger partial charge in [-0.1, -0.05) is 62.9 Å². The van der Waals surface area contributed by atoms with Crippen molar-refractivity contribution < 1.29 is 4.79 Å². The third-order valence-electron chi connectivity index (χ3n) is 3.59. The van der Waals surface area contributed by atoms with Crippen molar-refractivity contribution in [2.45, 2.75) is 51.5 Å². The van der Waals surface area contributed by atoms with Crippen molar-refractivity contribution in [2.24, 2.45) is 0 Å². The highest BCUT2D eigenvalue weighted by Gasteiger charge is 2.14. The maximum atomic E-state index is 12.1. The van der Waals surface area contributed by atoms with Crippen LogP contribution in [0, 0.1) is 0 Å². The standard InChI is InChI=1S/C18H30N2O/c1-4-5-6-7-11-14-18(21)19-17(15-20(2)3)16-12-9-8-10-13-16/h8-10,12-13,17H,4-7,11,14-15H2,1-3H3,(H,19,21). The van der Waals surface area contributed by atoms with Crippen molar-refractivity contribution in [1.29, 1.82) is 0 Å². The van der Waals surface area contributed by atoms with Crippen molar-refractivity contribution in [1.82, 2.24) is 10.2 Å². The van der Waals surface area contributed by atoms with Crippen LogP contribution in [0.25, 0.3) is 0 Å². The van der Waals surface area contributed by atoms with Gasteiger partial charge in [-0.15, -0.1) is 0 Å². The monoisotopic (exact) mass is 290 g/mol. The van der Waals surface area contributed by atoms with Crippen LogP contribution < -0.4 is 5.32 Å². The van der Waals surface area contributed by atoms with Gasteiger partial charge in [-0.05, 0) is 26.1 Å². The van der Waals surface area contributed by atoms with E-state index in [1.54, 1.807) is 0 Å². The smallest absolute Gasteiger partial charge is 0.220 e. The number of hydrogen-bond acceptors (Lipinski definition) is 2. The minimum atomic E-state index is 0.0735. The van der Waals surface area contributed by atoms with Crippen molar-refractivity contribution >= 4 is 5.91 Å². The Kier molecular flexibility index (Phi) is 8.76. The molecule has 0 aromatic heterocycles. The molecule has 0 saturated heterocycles. The number of carbonyl (C=O) groups is 1. The normalized spacial score (nSPS) is 12.4. The van der Waals surface area contributed by atoms with Crippen LogP contribution in [-0.4, -0.2) is 31.4 Å². The molecule has 21 heavy (non-hydrogen) atoms. The fourth-order valence-electron chi connectivity index (χ4n) is 2.44. The lowest BCUT2D eigenvalue weighted by Crippen LogP contribution is -2.35. The molecule has 1 atom stereocenters. The molecule has 0 aliphatic rings. The van der Waals surface area contributed by atoms with Gasteiger partial charge in [0.25, 0.3) is 0 Å². The molecule has 1 amide bonds. The molecule has 0 radical (unpaired) electrons. The molecule has 0 aliphatic heterocycles. The minimum absolute atomic E-state index is 0.0735. The molecular formula is C18H30N2O. The van der Waals surface area contributed by atoms with Gasteiger partial charge in [-0.25, -0.2) is 0 Å². The van der Waals surface area contributed by atoms with Gasteiger partial charge in [0.15, 0.2) is 0 Å². The van der Waals surface area contributed by atoms with Crippen molar-refractivity contribution in [3.63, 3.8) is 0 Å². The third-order valence-corrected chi connectivity index (χ3v) is 3.59. The van der Waals surface area contributed by atoms with Crippen LogP contribution in [0.15, 0.2) is 30.3 Å². The van der Waals surface area contributed by atoms with E-state index in [0.717, 1.165) is 19.4 Å². The SMILES string of the molecule is CCCCCCCC(=O)NC(CN(C)C)c1ccccc1. The number of nitrogens with zero attached hydrogens (tertiary/aromatic N) is 1. The van der Waals surface area contributed by atoms with Crippen LogP contribution in [-0.2, 0) is 4.79 Å². The van der Waals surface area contributed by atoms with E-state index in [1.807, 2.05) is 32.3 Å². The number of rotatable bonds is 10. The molecule has 1 unspecified atom stereocenters. The van der Waals surface area contributed by atoms with E-state index in [0.29, 0.717) is 6.42 Å². The van der Waals surface area contributed by atoms with E-state index in [1.165, 1.54) is 24.8 Å². The lowest BCUT2D eigenvalue weighted by Gasteiger charge is -2.23. The van der Waals surface area contributed by atoms with Gasteiger partial charge in [0, 0.05) is 13.0 Å². The second-order valence-corrected chi connectivity index (χ2v) is 5.96. The van der Waals surface area contributed by atoms with Gasteiger partial charge >= 0.3 is 0 Å². The molecule has 0 aliphatic carbocycles. The Labute approximate surface area is 129 Å². The summed E-state index contributed by atoms with van der Waals surface area (Å²) in [5.74, 6) is 0.169. The Hall–Kier alpha value is -1.35. The molecule has 1 N–H and O–H groups in total. The lowest BCUT2D eigenvalue weighted by molar-refractivity contribution is -0.122. The highest BCUT2D eigenvalue weighted by atomic mass is 16.1. The Morgan fingerprint density at radius 2 is 1.76 bits per heavy atom. The van der Waals surface area contributed by atoms with Gasteiger partial charge in [0.05, 0.1) is 6.04 Å².